The van der Waals surface area contributed by atoms with Gasteiger partial charge in [0.15, 0.2) is 0 Å². The topological polar surface area (TPSA) is 50.1 Å². The number of nitrogens with one attached hydrogen (secondary N) is 1. The Morgan fingerprint density at radius 3 is 2.73 bits per heavy atom. The summed E-state index contributed by atoms with van der Waals surface area (Å²) in [7, 11) is 0. The van der Waals surface area contributed by atoms with E-state index in [-0.39, 0.29) is 12.6 Å². The lowest BCUT2D eigenvalue weighted by atomic mass is 10.3. The molecule has 0 aliphatic heterocycles. The average molecular weight is 211 g/mol. The molecule has 15 heavy (non-hydrogen) atoms. The monoisotopic (exact) mass is 211 g/mol. The normalized spacial score (nSPS) is 13.1. The first-order chi connectivity index (χ1) is 7.19. The lowest BCUT2D eigenvalue weighted by molar-refractivity contribution is 0.228. The molecular formula is C11H21N3O. The molecule has 4 nitrogen and oxygen atoms in total. The van der Waals surface area contributed by atoms with Crippen molar-refractivity contribution in [3.8, 4) is 0 Å². The minimum atomic E-state index is 0.122. The third kappa shape index (κ3) is 3.32. The molecule has 1 aromatic heterocycles. The van der Waals surface area contributed by atoms with E-state index in [0.29, 0.717) is 0 Å². The van der Waals surface area contributed by atoms with Gasteiger partial charge in [0, 0.05) is 18.3 Å². The molecule has 4 heteroatoms. The summed E-state index contributed by atoms with van der Waals surface area (Å²) in [4.78, 5) is 4.24. The van der Waals surface area contributed by atoms with Crippen LogP contribution in [-0.4, -0.2) is 33.9 Å². The van der Waals surface area contributed by atoms with E-state index in [1.54, 1.807) is 0 Å². The van der Waals surface area contributed by atoms with Gasteiger partial charge in [-0.2, -0.15) is 0 Å². The quantitative estimate of drug-likeness (QED) is 0.734. The zero-order valence-corrected chi connectivity index (χ0v) is 9.82. The van der Waals surface area contributed by atoms with Crippen molar-refractivity contribution < 1.29 is 5.11 Å². The van der Waals surface area contributed by atoms with Crippen molar-refractivity contribution in [2.75, 3.05) is 13.2 Å². The molecule has 1 aromatic rings. The molecule has 86 valence electrons. The second-order valence-corrected chi connectivity index (χ2v) is 3.90. The van der Waals surface area contributed by atoms with Crippen molar-refractivity contribution in [2.24, 2.45) is 0 Å². The molecule has 0 aliphatic carbocycles. The largest absolute Gasteiger partial charge is 0.395 e. The first kappa shape index (κ1) is 12.2. The number of aliphatic hydroxyl groups is 1. The van der Waals surface area contributed by atoms with E-state index in [2.05, 4.69) is 28.7 Å². The van der Waals surface area contributed by atoms with Gasteiger partial charge in [0.25, 0.3) is 0 Å². The smallest absolute Gasteiger partial charge is 0.0951 e. The van der Waals surface area contributed by atoms with E-state index in [1.807, 2.05) is 13.3 Å². The van der Waals surface area contributed by atoms with Crippen LogP contribution in [0.3, 0.4) is 0 Å². The van der Waals surface area contributed by atoms with Crippen molar-refractivity contribution >= 4 is 0 Å². The highest BCUT2D eigenvalue weighted by molar-refractivity contribution is 5.08. The number of nitrogens with zero attached hydrogens (tertiary/aromatic N) is 2. The van der Waals surface area contributed by atoms with E-state index < -0.39 is 0 Å². The summed E-state index contributed by atoms with van der Waals surface area (Å²) in [6.45, 7) is 8.06. The van der Waals surface area contributed by atoms with Crippen LogP contribution in [-0.2, 0) is 6.54 Å². The second kappa shape index (κ2) is 5.88. The molecule has 0 aliphatic rings. The van der Waals surface area contributed by atoms with Gasteiger partial charge in [0.2, 0.25) is 0 Å². The van der Waals surface area contributed by atoms with Crippen molar-refractivity contribution in [3.05, 3.63) is 17.7 Å². The third-order valence-corrected chi connectivity index (χ3v) is 2.67. The number of hydrogen-bond donors (Lipinski definition) is 2. The molecule has 0 spiro atoms. The summed E-state index contributed by atoms with van der Waals surface area (Å²) in [5, 5.41) is 12.5. The predicted octanol–water partition coefficient (Wildman–Crippen LogP) is 0.860. The van der Waals surface area contributed by atoms with Crippen LogP contribution in [0.5, 0.6) is 0 Å². The molecule has 1 unspecified atom stereocenters. The average Bonchev–Trinajstić information content (AvgIpc) is 2.55. The summed E-state index contributed by atoms with van der Waals surface area (Å²) in [5.41, 5.74) is 2.23. The Morgan fingerprint density at radius 1 is 1.53 bits per heavy atom. The van der Waals surface area contributed by atoms with Gasteiger partial charge in [0.1, 0.15) is 0 Å². The van der Waals surface area contributed by atoms with Gasteiger partial charge in [0.05, 0.1) is 18.6 Å². The zero-order chi connectivity index (χ0) is 11.3. The van der Waals surface area contributed by atoms with Crippen LogP contribution in [0.25, 0.3) is 0 Å². The molecule has 1 heterocycles. The summed E-state index contributed by atoms with van der Waals surface area (Å²) in [5.74, 6) is 0. The molecule has 2 N–H and O–H groups in total. The van der Waals surface area contributed by atoms with Crippen LogP contribution >= 0.6 is 0 Å². The van der Waals surface area contributed by atoms with E-state index in [9.17, 15) is 5.11 Å². The summed E-state index contributed by atoms with van der Waals surface area (Å²) < 4.78 is 2.08. The van der Waals surface area contributed by atoms with Crippen LogP contribution in [0, 0.1) is 13.8 Å². The number of aryl methyl sites for hydroxylation is 1. The van der Waals surface area contributed by atoms with Gasteiger partial charge in [-0.25, -0.2) is 4.98 Å². The van der Waals surface area contributed by atoms with Crippen LogP contribution in [0.15, 0.2) is 6.33 Å². The number of rotatable bonds is 6. The molecule has 0 bridgehead atoms. The predicted molar refractivity (Wildman–Crippen MR) is 60.9 cm³/mol. The Kier molecular flexibility index (Phi) is 4.78. The maximum absolute atomic E-state index is 9.22. The van der Waals surface area contributed by atoms with Crippen LogP contribution in [0.4, 0.5) is 0 Å². The third-order valence-electron chi connectivity index (χ3n) is 2.67. The molecule has 0 fully saturated rings. The highest BCUT2D eigenvalue weighted by Gasteiger charge is 2.09. The summed E-state index contributed by atoms with van der Waals surface area (Å²) >= 11 is 0. The molecule has 0 saturated carbocycles. The van der Waals surface area contributed by atoms with Crippen LogP contribution < -0.4 is 5.32 Å². The first-order valence-corrected chi connectivity index (χ1v) is 5.51. The first-order valence-electron chi connectivity index (χ1n) is 5.51. The maximum Gasteiger partial charge on any atom is 0.0951 e. The number of aromatic nitrogens is 2. The highest BCUT2D eigenvalue weighted by Crippen LogP contribution is 2.05. The highest BCUT2D eigenvalue weighted by atomic mass is 16.3. The Hall–Kier alpha value is -0.870. The number of hydrogen-bond acceptors (Lipinski definition) is 3. The molecule has 0 aromatic carbocycles. The van der Waals surface area contributed by atoms with E-state index >= 15 is 0 Å². The van der Waals surface area contributed by atoms with Crippen molar-refractivity contribution in [1.29, 1.82) is 0 Å². The Bertz CT molecular complexity index is 296. The van der Waals surface area contributed by atoms with Gasteiger partial charge in [-0.3, -0.25) is 0 Å². The summed E-state index contributed by atoms with van der Waals surface area (Å²) in [6.07, 6.45) is 2.92. The minimum Gasteiger partial charge on any atom is -0.395 e. The fraction of sp³-hybridized carbons (Fsp3) is 0.727. The van der Waals surface area contributed by atoms with Crippen LogP contribution in [0.2, 0.25) is 0 Å². The van der Waals surface area contributed by atoms with Gasteiger partial charge in [-0.1, -0.05) is 6.92 Å². The molecule has 1 atom stereocenters. The number of imidazole rings is 1. The lowest BCUT2D eigenvalue weighted by Crippen LogP contribution is -2.36. The van der Waals surface area contributed by atoms with E-state index in [4.69, 9.17) is 0 Å². The van der Waals surface area contributed by atoms with Crippen LogP contribution in [0.1, 0.15) is 24.7 Å². The van der Waals surface area contributed by atoms with Gasteiger partial charge < -0.3 is 15.0 Å². The maximum atomic E-state index is 9.22. The molecule has 0 radical (unpaired) electrons. The Morgan fingerprint density at radius 2 is 2.27 bits per heavy atom. The minimum absolute atomic E-state index is 0.122. The van der Waals surface area contributed by atoms with Gasteiger partial charge >= 0.3 is 0 Å². The molecular weight excluding hydrogens is 190 g/mol. The van der Waals surface area contributed by atoms with E-state index in [0.717, 1.165) is 25.2 Å². The molecule has 0 saturated heterocycles. The van der Waals surface area contributed by atoms with Crippen molar-refractivity contribution in [3.63, 3.8) is 0 Å². The fourth-order valence-corrected chi connectivity index (χ4v) is 1.50. The second-order valence-electron chi connectivity index (χ2n) is 3.90. The van der Waals surface area contributed by atoms with Crippen molar-refractivity contribution in [2.45, 2.75) is 39.8 Å². The standard InChI is InChI=1S/C11H21N3O/c1-4-5-12-11(7-15)6-14-8-13-9(2)10(14)3/h8,11-12,15H,4-7H2,1-3H3. The van der Waals surface area contributed by atoms with Gasteiger partial charge in [-0.15, -0.1) is 0 Å². The Balaban J connectivity index is 2.54. The zero-order valence-electron chi connectivity index (χ0n) is 9.82. The lowest BCUT2D eigenvalue weighted by Gasteiger charge is -2.17. The molecule has 1 rings (SSSR count). The number of aliphatic hydroxyl groups excluding tert-OH is 1. The Labute approximate surface area is 91.3 Å². The SMILES string of the molecule is CCCNC(CO)Cn1cnc(C)c1C. The molecule has 0 amide bonds. The van der Waals surface area contributed by atoms with Crippen molar-refractivity contribution in [1.82, 2.24) is 14.9 Å². The van der Waals surface area contributed by atoms with Gasteiger partial charge in [-0.05, 0) is 26.8 Å². The summed E-state index contributed by atoms with van der Waals surface area (Å²) in [6, 6.07) is 0.122. The van der Waals surface area contributed by atoms with E-state index in [1.165, 1.54) is 5.69 Å². The fourth-order valence-electron chi connectivity index (χ4n) is 1.50.